The first-order valence-electron chi connectivity index (χ1n) is 6.48. The number of nitrogens with one attached hydrogen (secondary N) is 1. The van der Waals surface area contributed by atoms with Gasteiger partial charge in [-0.1, -0.05) is 33.6 Å². The van der Waals surface area contributed by atoms with Crippen molar-refractivity contribution in [3.8, 4) is 11.5 Å². The summed E-state index contributed by atoms with van der Waals surface area (Å²) in [6, 6.07) is 11.6. The number of methoxy groups -OCH3 is 2. The Hall–Kier alpha value is -1.39. The Morgan fingerprint density at radius 2 is 1.67 bits per heavy atom. The lowest BCUT2D eigenvalue weighted by Crippen LogP contribution is -2.07. The van der Waals surface area contributed by atoms with E-state index in [4.69, 9.17) is 21.1 Å². The zero-order chi connectivity index (χ0) is 15.4. The molecule has 3 nitrogen and oxygen atoms in total. The van der Waals surface area contributed by atoms with Crippen LogP contribution in [0.4, 0.5) is 5.69 Å². The Balaban J connectivity index is 2.24. The molecule has 0 aromatic heterocycles. The highest BCUT2D eigenvalue weighted by molar-refractivity contribution is 9.10. The van der Waals surface area contributed by atoms with Crippen LogP contribution < -0.4 is 14.8 Å². The maximum absolute atomic E-state index is 6.29. The van der Waals surface area contributed by atoms with Gasteiger partial charge in [-0.2, -0.15) is 0 Å². The van der Waals surface area contributed by atoms with E-state index in [2.05, 4.69) is 28.2 Å². The Labute approximate surface area is 138 Å². The lowest BCUT2D eigenvalue weighted by atomic mass is 10.1. The van der Waals surface area contributed by atoms with E-state index < -0.39 is 0 Å². The molecular weight excluding hydrogens is 354 g/mol. The van der Waals surface area contributed by atoms with E-state index in [-0.39, 0.29) is 6.04 Å². The summed E-state index contributed by atoms with van der Waals surface area (Å²) >= 11 is 9.70. The molecule has 21 heavy (non-hydrogen) atoms. The molecule has 0 saturated carbocycles. The molecular formula is C16H17BrClNO2. The number of hydrogen-bond acceptors (Lipinski definition) is 3. The number of rotatable bonds is 5. The third kappa shape index (κ3) is 4.05. The molecule has 1 N–H and O–H groups in total. The third-order valence-electron chi connectivity index (χ3n) is 3.16. The summed E-state index contributed by atoms with van der Waals surface area (Å²) in [5, 5.41) is 4.13. The number of ether oxygens (including phenoxy) is 2. The van der Waals surface area contributed by atoms with E-state index in [0.29, 0.717) is 0 Å². The van der Waals surface area contributed by atoms with Crippen molar-refractivity contribution in [3.63, 3.8) is 0 Å². The molecule has 0 aliphatic rings. The molecule has 0 aliphatic carbocycles. The fraction of sp³-hybridized carbons (Fsp3) is 0.250. The fourth-order valence-corrected chi connectivity index (χ4v) is 2.91. The standard InChI is InChI=1S/C16H17BrClNO2/c1-10(15-5-4-11(17)6-16(15)18)19-12-7-13(20-2)9-14(8-12)21-3/h4-10,19H,1-3H3. The molecule has 2 rings (SSSR count). The van der Waals surface area contributed by atoms with E-state index in [1.54, 1.807) is 14.2 Å². The Morgan fingerprint density at radius 3 is 2.19 bits per heavy atom. The highest BCUT2D eigenvalue weighted by atomic mass is 79.9. The first-order chi connectivity index (χ1) is 10.0. The van der Waals surface area contributed by atoms with Crippen molar-refractivity contribution < 1.29 is 9.47 Å². The van der Waals surface area contributed by atoms with Crippen LogP contribution in [0.2, 0.25) is 5.02 Å². The highest BCUT2D eigenvalue weighted by Gasteiger charge is 2.11. The minimum Gasteiger partial charge on any atom is -0.497 e. The molecule has 2 aromatic rings. The summed E-state index contributed by atoms with van der Waals surface area (Å²) in [5.41, 5.74) is 1.94. The van der Waals surface area contributed by atoms with Crippen LogP contribution in [-0.4, -0.2) is 14.2 Å². The first kappa shape index (κ1) is 16.0. The monoisotopic (exact) mass is 369 g/mol. The van der Waals surface area contributed by atoms with Crippen LogP contribution in [0.25, 0.3) is 0 Å². The smallest absolute Gasteiger partial charge is 0.124 e. The van der Waals surface area contributed by atoms with Gasteiger partial charge in [0.1, 0.15) is 11.5 Å². The highest BCUT2D eigenvalue weighted by Crippen LogP contribution is 2.31. The number of anilines is 1. The van der Waals surface area contributed by atoms with Gasteiger partial charge in [-0.15, -0.1) is 0 Å². The largest absolute Gasteiger partial charge is 0.497 e. The van der Waals surface area contributed by atoms with Crippen molar-refractivity contribution in [1.82, 2.24) is 0 Å². The van der Waals surface area contributed by atoms with Gasteiger partial charge in [-0.05, 0) is 24.6 Å². The molecule has 1 unspecified atom stereocenters. The van der Waals surface area contributed by atoms with E-state index in [1.165, 1.54) is 0 Å². The second-order valence-electron chi connectivity index (χ2n) is 4.63. The van der Waals surface area contributed by atoms with Crippen molar-refractivity contribution in [2.45, 2.75) is 13.0 Å². The molecule has 112 valence electrons. The molecule has 0 aliphatic heterocycles. The van der Waals surface area contributed by atoms with Gasteiger partial charge in [0, 0.05) is 39.4 Å². The molecule has 0 spiro atoms. The first-order valence-corrected chi connectivity index (χ1v) is 7.65. The van der Waals surface area contributed by atoms with Gasteiger partial charge in [0.15, 0.2) is 0 Å². The zero-order valence-corrected chi connectivity index (χ0v) is 14.5. The lowest BCUT2D eigenvalue weighted by Gasteiger charge is -2.18. The molecule has 0 radical (unpaired) electrons. The molecule has 0 bridgehead atoms. The predicted molar refractivity (Wildman–Crippen MR) is 90.7 cm³/mol. The second kappa shape index (κ2) is 7.05. The molecule has 0 amide bonds. The van der Waals surface area contributed by atoms with Crippen LogP contribution in [0.1, 0.15) is 18.5 Å². The molecule has 5 heteroatoms. The van der Waals surface area contributed by atoms with E-state index >= 15 is 0 Å². The number of hydrogen-bond donors (Lipinski definition) is 1. The van der Waals surface area contributed by atoms with E-state index in [1.807, 2.05) is 36.4 Å². The minimum absolute atomic E-state index is 0.0578. The number of benzene rings is 2. The summed E-state index contributed by atoms with van der Waals surface area (Å²) in [6.07, 6.45) is 0. The van der Waals surface area contributed by atoms with Gasteiger partial charge in [-0.3, -0.25) is 0 Å². The minimum atomic E-state index is 0.0578. The Morgan fingerprint density at radius 1 is 1.05 bits per heavy atom. The van der Waals surface area contributed by atoms with Crippen LogP contribution >= 0.6 is 27.5 Å². The van der Waals surface area contributed by atoms with Crippen LogP contribution in [0, 0.1) is 0 Å². The van der Waals surface area contributed by atoms with Gasteiger partial charge in [0.25, 0.3) is 0 Å². The second-order valence-corrected chi connectivity index (χ2v) is 5.96. The third-order valence-corrected chi connectivity index (χ3v) is 3.98. The molecule has 1 atom stereocenters. The average Bonchev–Trinajstić information content (AvgIpc) is 2.46. The van der Waals surface area contributed by atoms with Gasteiger partial charge < -0.3 is 14.8 Å². The van der Waals surface area contributed by atoms with Crippen molar-refractivity contribution in [3.05, 3.63) is 51.5 Å². The molecule has 0 saturated heterocycles. The van der Waals surface area contributed by atoms with Crippen molar-refractivity contribution >= 4 is 33.2 Å². The summed E-state index contributed by atoms with van der Waals surface area (Å²) in [5.74, 6) is 1.48. The van der Waals surface area contributed by atoms with E-state index in [0.717, 1.165) is 32.2 Å². The summed E-state index contributed by atoms with van der Waals surface area (Å²) in [6.45, 7) is 2.06. The summed E-state index contributed by atoms with van der Waals surface area (Å²) < 4.78 is 11.5. The zero-order valence-electron chi connectivity index (χ0n) is 12.1. The van der Waals surface area contributed by atoms with Crippen molar-refractivity contribution in [2.24, 2.45) is 0 Å². The van der Waals surface area contributed by atoms with Gasteiger partial charge in [0.2, 0.25) is 0 Å². The average molecular weight is 371 g/mol. The lowest BCUT2D eigenvalue weighted by molar-refractivity contribution is 0.394. The van der Waals surface area contributed by atoms with Crippen LogP contribution in [0.5, 0.6) is 11.5 Å². The molecule has 2 aromatic carbocycles. The van der Waals surface area contributed by atoms with Crippen LogP contribution in [0.3, 0.4) is 0 Å². The predicted octanol–water partition coefficient (Wildman–Crippen LogP) is 5.29. The SMILES string of the molecule is COc1cc(NC(C)c2ccc(Br)cc2Cl)cc(OC)c1. The van der Waals surface area contributed by atoms with Crippen LogP contribution in [0.15, 0.2) is 40.9 Å². The molecule has 0 heterocycles. The van der Waals surface area contributed by atoms with Crippen molar-refractivity contribution in [2.75, 3.05) is 19.5 Å². The van der Waals surface area contributed by atoms with Gasteiger partial charge in [0.05, 0.1) is 14.2 Å². The maximum atomic E-state index is 6.29. The molecule has 0 fully saturated rings. The Kier molecular flexibility index (Phi) is 5.37. The maximum Gasteiger partial charge on any atom is 0.124 e. The summed E-state index contributed by atoms with van der Waals surface area (Å²) in [7, 11) is 3.27. The van der Waals surface area contributed by atoms with Crippen LogP contribution in [-0.2, 0) is 0 Å². The fourth-order valence-electron chi connectivity index (χ4n) is 2.07. The quantitative estimate of drug-likeness (QED) is 0.775. The summed E-state index contributed by atoms with van der Waals surface area (Å²) in [4.78, 5) is 0. The van der Waals surface area contributed by atoms with Gasteiger partial charge in [-0.25, -0.2) is 0 Å². The number of halogens is 2. The van der Waals surface area contributed by atoms with Crippen molar-refractivity contribution in [1.29, 1.82) is 0 Å². The normalized spacial score (nSPS) is 11.9. The Bertz CT molecular complexity index is 611. The van der Waals surface area contributed by atoms with Gasteiger partial charge >= 0.3 is 0 Å². The topological polar surface area (TPSA) is 30.5 Å². The van der Waals surface area contributed by atoms with E-state index in [9.17, 15) is 0 Å².